The van der Waals surface area contributed by atoms with E-state index in [1.54, 1.807) is 24.5 Å². The molecule has 0 aliphatic heterocycles. The largest absolute Gasteiger partial charge is 0.410 e. The molecule has 0 bridgehead atoms. The average molecular weight is 440 g/mol. The molecule has 0 aromatic heterocycles. The highest BCUT2D eigenvalue weighted by Gasteiger charge is 2.48. The van der Waals surface area contributed by atoms with Gasteiger partial charge in [0.25, 0.3) is 0 Å². The normalized spacial score (nSPS) is 18.2. The van der Waals surface area contributed by atoms with Gasteiger partial charge in [-0.15, -0.1) is 70.6 Å². The third kappa shape index (κ3) is 7.80. The highest BCUT2D eigenvalue weighted by atomic mass is 35.7. The summed E-state index contributed by atoms with van der Waals surface area (Å²) in [5.74, 6) is 0. The maximum Gasteiger partial charge on any atom is 0.407 e. The van der Waals surface area contributed by atoms with E-state index >= 15 is 0 Å². The minimum Gasteiger partial charge on any atom is -0.410 e. The zero-order chi connectivity index (χ0) is 16.9. The van der Waals surface area contributed by atoms with Crippen LogP contribution >= 0.6 is 44.3 Å². The summed E-state index contributed by atoms with van der Waals surface area (Å²) in [6.45, 7) is 11.9. The third-order valence-corrected chi connectivity index (χ3v) is 18.0. The zero-order valence-corrected chi connectivity index (χ0v) is 18.9. The number of halogens is 4. The average Bonchev–Trinajstić information content (AvgIpc) is 2.37. The van der Waals surface area contributed by atoms with Crippen LogP contribution in [0.4, 0.5) is 0 Å². The smallest absolute Gasteiger partial charge is 0.407 e. The van der Waals surface area contributed by atoms with Crippen molar-refractivity contribution < 1.29 is 12.3 Å². The van der Waals surface area contributed by atoms with Gasteiger partial charge in [-0.05, 0) is 24.5 Å². The molecule has 0 N–H and O–H groups in total. The van der Waals surface area contributed by atoms with Crippen LogP contribution in [0.5, 0.6) is 0 Å². The number of rotatable bonds is 10. The Hall–Kier alpha value is 0.868. The summed E-state index contributed by atoms with van der Waals surface area (Å²) in [5.41, 5.74) is 5.88. The van der Waals surface area contributed by atoms with E-state index in [4.69, 9.17) is 56.7 Å². The summed E-state index contributed by atoms with van der Waals surface area (Å²) < 4.78 is 17.5. The second-order valence-electron chi connectivity index (χ2n) is 4.28. The second-order valence-corrected chi connectivity index (χ2v) is 22.6. The lowest BCUT2D eigenvalue weighted by molar-refractivity contribution is 0.353. The van der Waals surface area contributed by atoms with E-state index in [0.29, 0.717) is 0 Å². The molecule has 0 aliphatic carbocycles. The first-order valence-corrected chi connectivity index (χ1v) is 18.6. The fourth-order valence-electron chi connectivity index (χ4n) is 1.23. The Balaban J connectivity index is 5.31. The Bertz CT molecular complexity index is 397. The highest BCUT2D eigenvalue weighted by Crippen LogP contribution is 2.30. The lowest BCUT2D eigenvalue weighted by atomic mass is 11.3. The first-order chi connectivity index (χ1) is 9.36. The van der Waals surface area contributed by atoms with Gasteiger partial charge in [-0.2, -0.15) is 0 Å². The van der Waals surface area contributed by atoms with Crippen LogP contribution in [0.3, 0.4) is 0 Å². The minimum absolute atomic E-state index is 1.38. The van der Waals surface area contributed by atoms with Gasteiger partial charge in [0.2, 0.25) is 0 Å². The van der Waals surface area contributed by atoms with Crippen molar-refractivity contribution in [2.24, 2.45) is 0 Å². The standard InChI is InChI=1S/C10H18Cl4O3Si4/c1-7-18(5,16-20(11,12)9-3)15-19(6,8-2)17-21(13,14)10-4/h7-10H,1-4H2,5-6H3. The predicted octanol–water partition coefficient (Wildman–Crippen LogP) is 4.91. The molecular weight excluding hydrogens is 422 g/mol. The molecule has 0 radical (unpaired) electrons. The lowest BCUT2D eigenvalue weighted by Gasteiger charge is -2.37. The van der Waals surface area contributed by atoms with Crippen molar-refractivity contribution in [2.75, 3.05) is 0 Å². The van der Waals surface area contributed by atoms with E-state index in [1.807, 2.05) is 0 Å². The van der Waals surface area contributed by atoms with Crippen LogP contribution in [0.25, 0.3) is 0 Å². The van der Waals surface area contributed by atoms with Gasteiger partial charge in [-0.25, -0.2) is 0 Å². The van der Waals surface area contributed by atoms with Crippen LogP contribution in [0.2, 0.25) is 13.1 Å². The van der Waals surface area contributed by atoms with Crippen LogP contribution in [0.1, 0.15) is 0 Å². The molecule has 0 heterocycles. The van der Waals surface area contributed by atoms with Gasteiger partial charge in [0.15, 0.2) is 0 Å². The van der Waals surface area contributed by atoms with Crippen molar-refractivity contribution in [1.82, 2.24) is 0 Å². The molecule has 0 rings (SSSR count). The summed E-state index contributed by atoms with van der Waals surface area (Å²) in [5, 5.41) is 0. The van der Waals surface area contributed by atoms with Gasteiger partial charge in [0.1, 0.15) is 0 Å². The van der Waals surface area contributed by atoms with Crippen molar-refractivity contribution in [3.63, 3.8) is 0 Å². The zero-order valence-electron chi connectivity index (χ0n) is 11.9. The highest BCUT2D eigenvalue weighted by molar-refractivity contribution is 7.46. The minimum atomic E-state index is -3.08. The van der Waals surface area contributed by atoms with E-state index in [-0.39, 0.29) is 0 Å². The molecule has 2 atom stereocenters. The van der Waals surface area contributed by atoms with Crippen LogP contribution in [-0.2, 0) is 12.3 Å². The first kappa shape index (κ1) is 21.9. The molecule has 0 amide bonds. The Labute approximate surface area is 149 Å². The second kappa shape index (κ2) is 8.11. The molecule has 0 aromatic rings. The number of hydrogen-bond donors (Lipinski definition) is 0. The van der Waals surface area contributed by atoms with E-state index in [1.165, 1.54) is 11.4 Å². The Kier molecular flexibility index (Phi) is 8.45. The molecule has 0 aromatic carbocycles. The monoisotopic (exact) mass is 438 g/mol. The lowest BCUT2D eigenvalue weighted by Crippen LogP contribution is -2.55. The summed E-state index contributed by atoms with van der Waals surface area (Å²) in [6, 6.07) is 0. The summed E-state index contributed by atoms with van der Waals surface area (Å²) in [6.07, 6.45) is 0. The van der Waals surface area contributed by atoms with Gasteiger partial charge in [0, 0.05) is 0 Å². The molecular formula is C10H18Cl4O3Si4. The fraction of sp³-hybridized carbons (Fsp3) is 0.200. The van der Waals surface area contributed by atoms with E-state index in [0.717, 1.165) is 0 Å². The van der Waals surface area contributed by atoms with Crippen molar-refractivity contribution >= 4 is 75.3 Å². The maximum absolute atomic E-state index is 6.08. The Morgan fingerprint density at radius 1 is 0.619 bits per heavy atom. The van der Waals surface area contributed by atoms with Crippen LogP contribution in [-0.4, -0.2) is 31.0 Å². The molecule has 2 unspecified atom stereocenters. The topological polar surface area (TPSA) is 27.7 Å². The molecule has 0 saturated heterocycles. The first-order valence-electron chi connectivity index (χ1n) is 5.77. The Morgan fingerprint density at radius 3 is 1.10 bits per heavy atom. The van der Waals surface area contributed by atoms with Gasteiger partial charge >= 0.3 is 31.0 Å². The summed E-state index contributed by atoms with van der Waals surface area (Å²) in [4.78, 5) is 0. The van der Waals surface area contributed by atoms with Crippen LogP contribution in [0, 0.1) is 0 Å². The third-order valence-electron chi connectivity index (χ3n) is 2.30. The molecule has 0 spiro atoms. The van der Waals surface area contributed by atoms with Crippen LogP contribution < -0.4 is 0 Å². The van der Waals surface area contributed by atoms with E-state index < -0.39 is 31.0 Å². The quantitative estimate of drug-likeness (QED) is 0.357. The fourth-order valence-corrected chi connectivity index (χ4v) is 17.4. The predicted molar refractivity (Wildman–Crippen MR) is 102 cm³/mol. The maximum atomic E-state index is 6.08. The van der Waals surface area contributed by atoms with Gasteiger partial charge in [-0.1, -0.05) is 11.4 Å². The van der Waals surface area contributed by atoms with Gasteiger partial charge in [-0.3, -0.25) is 0 Å². The number of hydrogen-bond acceptors (Lipinski definition) is 3. The summed E-state index contributed by atoms with van der Waals surface area (Å²) >= 11 is 24.3. The van der Waals surface area contributed by atoms with Gasteiger partial charge in [0.05, 0.1) is 0 Å². The van der Waals surface area contributed by atoms with Crippen molar-refractivity contribution in [2.45, 2.75) is 13.1 Å². The molecule has 3 nitrogen and oxygen atoms in total. The van der Waals surface area contributed by atoms with Crippen molar-refractivity contribution in [3.05, 3.63) is 49.1 Å². The molecule has 0 saturated carbocycles. The SMILES string of the molecule is C=C[Si](Cl)(Cl)O[Si](C)(C=C)O[Si](C)(C=C)O[Si](Cl)(Cl)C=C. The van der Waals surface area contributed by atoms with E-state index in [9.17, 15) is 0 Å². The Morgan fingerprint density at radius 2 is 0.905 bits per heavy atom. The van der Waals surface area contributed by atoms with Gasteiger partial charge < -0.3 is 12.3 Å². The molecule has 21 heavy (non-hydrogen) atoms. The van der Waals surface area contributed by atoms with Crippen molar-refractivity contribution in [3.8, 4) is 0 Å². The molecule has 0 fully saturated rings. The van der Waals surface area contributed by atoms with Crippen molar-refractivity contribution in [1.29, 1.82) is 0 Å². The molecule has 120 valence electrons. The van der Waals surface area contributed by atoms with Crippen LogP contribution in [0.15, 0.2) is 49.1 Å². The van der Waals surface area contributed by atoms with E-state index in [2.05, 4.69) is 26.3 Å². The molecule has 0 aliphatic rings. The molecule has 11 heteroatoms. The summed E-state index contributed by atoms with van der Waals surface area (Å²) in [7, 11) is -5.84.